The minimum atomic E-state index is -0.388. The van der Waals surface area contributed by atoms with Gasteiger partial charge in [-0.3, -0.25) is 9.78 Å². The van der Waals surface area contributed by atoms with E-state index in [1.807, 2.05) is 24.3 Å². The van der Waals surface area contributed by atoms with Crippen LogP contribution in [-0.2, 0) is 11.2 Å². The minimum Gasteiger partial charge on any atom is -0.462 e. The number of aromatic nitrogens is 1. The number of ether oxygens (including phenoxy) is 1. The maximum absolute atomic E-state index is 12.5. The van der Waals surface area contributed by atoms with Crippen molar-refractivity contribution in [3.63, 3.8) is 0 Å². The molecule has 2 N–H and O–H groups in total. The summed E-state index contributed by atoms with van der Waals surface area (Å²) in [5.74, 6) is -0.707. The number of amides is 1. The van der Waals surface area contributed by atoms with Gasteiger partial charge >= 0.3 is 5.97 Å². The zero-order valence-electron chi connectivity index (χ0n) is 16.2. The molecule has 3 rings (SSSR count). The second-order valence-electron chi connectivity index (χ2n) is 6.34. The first-order valence-corrected chi connectivity index (χ1v) is 9.48. The van der Waals surface area contributed by atoms with Crippen LogP contribution in [0, 0.1) is 0 Å². The molecule has 1 heterocycles. The van der Waals surface area contributed by atoms with Crippen molar-refractivity contribution in [3.8, 4) is 0 Å². The number of pyridine rings is 1. The van der Waals surface area contributed by atoms with Crippen molar-refractivity contribution in [1.29, 1.82) is 0 Å². The summed E-state index contributed by atoms with van der Waals surface area (Å²) in [6, 6.07) is 20.3. The molecule has 0 bridgehead atoms. The third kappa shape index (κ3) is 5.90. The van der Waals surface area contributed by atoms with Gasteiger partial charge in [0.25, 0.3) is 5.91 Å². The SMILES string of the molecule is CCOC(=O)c1ccc(NC(=O)c2cc(NCCc3ccccc3)ccn2)cc1. The molecule has 29 heavy (non-hydrogen) atoms. The third-order valence-corrected chi connectivity index (χ3v) is 4.23. The van der Waals surface area contributed by atoms with E-state index in [0.717, 1.165) is 18.7 Å². The Labute approximate surface area is 169 Å². The van der Waals surface area contributed by atoms with Crippen molar-refractivity contribution >= 4 is 23.3 Å². The Morgan fingerprint density at radius 1 is 0.966 bits per heavy atom. The largest absolute Gasteiger partial charge is 0.462 e. The van der Waals surface area contributed by atoms with Gasteiger partial charge in [0, 0.05) is 24.1 Å². The fraction of sp³-hybridized carbons (Fsp3) is 0.174. The lowest BCUT2D eigenvalue weighted by molar-refractivity contribution is 0.0526. The zero-order chi connectivity index (χ0) is 20.5. The summed E-state index contributed by atoms with van der Waals surface area (Å²) < 4.78 is 4.95. The summed E-state index contributed by atoms with van der Waals surface area (Å²) in [6.45, 7) is 2.83. The van der Waals surface area contributed by atoms with Gasteiger partial charge in [-0.2, -0.15) is 0 Å². The fourth-order valence-electron chi connectivity index (χ4n) is 2.76. The highest BCUT2D eigenvalue weighted by Crippen LogP contribution is 2.14. The van der Waals surface area contributed by atoms with Crippen LogP contribution in [0.3, 0.4) is 0 Å². The molecule has 0 saturated carbocycles. The smallest absolute Gasteiger partial charge is 0.338 e. The summed E-state index contributed by atoms with van der Waals surface area (Å²) >= 11 is 0. The standard InChI is InChI=1S/C23H23N3O3/c1-2-29-23(28)18-8-10-19(11-9-18)26-22(27)21-16-20(13-15-25-21)24-14-12-17-6-4-3-5-7-17/h3-11,13,15-16H,2,12,14H2,1H3,(H,24,25)(H,26,27). The van der Waals surface area contributed by atoms with Gasteiger partial charge in [-0.25, -0.2) is 4.79 Å². The minimum absolute atomic E-state index is 0.309. The highest BCUT2D eigenvalue weighted by atomic mass is 16.5. The van der Waals surface area contributed by atoms with Crippen LogP contribution in [0.25, 0.3) is 0 Å². The van der Waals surface area contributed by atoms with Crippen LogP contribution in [0.4, 0.5) is 11.4 Å². The molecule has 6 nitrogen and oxygen atoms in total. The van der Waals surface area contributed by atoms with Crippen LogP contribution in [0.2, 0.25) is 0 Å². The highest BCUT2D eigenvalue weighted by Gasteiger charge is 2.10. The van der Waals surface area contributed by atoms with Crippen molar-refractivity contribution < 1.29 is 14.3 Å². The van der Waals surface area contributed by atoms with Crippen LogP contribution < -0.4 is 10.6 Å². The average Bonchev–Trinajstić information content (AvgIpc) is 2.75. The van der Waals surface area contributed by atoms with Crippen LogP contribution in [-0.4, -0.2) is 30.0 Å². The van der Waals surface area contributed by atoms with E-state index in [4.69, 9.17) is 4.74 Å². The van der Waals surface area contributed by atoms with Gasteiger partial charge in [0.1, 0.15) is 5.69 Å². The molecule has 0 unspecified atom stereocenters. The van der Waals surface area contributed by atoms with Gasteiger partial charge < -0.3 is 15.4 Å². The molecular weight excluding hydrogens is 366 g/mol. The number of benzene rings is 2. The van der Waals surface area contributed by atoms with Crippen LogP contribution in [0.15, 0.2) is 72.9 Å². The molecule has 6 heteroatoms. The van der Waals surface area contributed by atoms with Crippen molar-refractivity contribution in [3.05, 3.63) is 89.7 Å². The molecule has 0 aliphatic rings. The number of esters is 1. The van der Waals surface area contributed by atoms with Gasteiger partial charge in [-0.05, 0) is 55.3 Å². The van der Waals surface area contributed by atoms with E-state index < -0.39 is 0 Å². The van der Waals surface area contributed by atoms with Crippen molar-refractivity contribution in [2.24, 2.45) is 0 Å². The van der Waals surface area contributed by atoms with Crippen molar-refractivity contribution in [1.82, 2.24) is 4.98 Å². The summed E-state index contributed by atoms with van der Waals surface area (Å²) in [5, 5.41) is 6.10. The fourth-order valence-corrected chi connectivity index (χ4v) is 2.76. The molecule has 2 aromatic carbocycles. The predicted octanol–water partition coefficient (Wildman–Crippen LogP) is 4.17. The monoisotopic (exact) mass is 389 g/mol. The number of hydrogen-bond acceptors (Lipinski definition) is 5. The Morgan fingerprint density at radius 3 is 2.45 bits per heavy atom. The molecule has 3 aromatic rings. The zero-order valence-corrected chi connectivity index (χ0v) is 16.2. The Morgan fingerprint density at radius 2 is 1.72 bits per heavy atom. The van der Waals surface area contributed by atoms with E-state index in [1.165, 1.54) is 5.56 Å². The Balaban J connectivity index is 1.56. The maximum atomic E-state index is 12.5. The Hall–Kier alpha value is -3.67. The lowest BCUT2D eigenvalue weighted by Gasteiger charge is -2.09. The molecule has 1 amide bonds. The number of carbonyl (C=O) groups excluding carboxylic acids is 2. The van der Waals surface area contributed by atoms with Gasteiger partial charge in [-0.1, -0.05) is 30.3 Å². The second-order valence-corrected chi connectivity index (χ2v) is 6.34. The van der Waals surface area contributed by atoms with E-state index >= 15 is 0 Å². The summed E-state index contributed by atoms with van der Waals surface area (Å²) in [7, 11) is 0. The van der Waals surface area contributed by atoms with Gasteiger partial charge in [-0.15, -0.1) is 0 Å². The molecule has 0 atom stereocenters. The molecule has 0 spiro atoms. The second kappa shape index (κ2) is 10.0. The quantitative estimate of drug-likeness (QED) is 0.565. The lowest BCUT2D eigenvalue weighted by Crippen LogP contribution is -2.14. The number of rotatable bonds is 8. The number of nitrogens with zero attached hydrogens (tertiary/aromatic N) is 1. The summed E-state index contributed by atoms with van der Waals surface area (Å²) in [4.78, 5) is 28.3. The summed E-state index contributed by atoms with van der Waals surface area (Å²) in [5.41, 5.74) is 3.40. The van der Waals surface area contributed by atoms with Crippen molar-refractivity contribution in [2.75, 3.05) is 23.8 Å². The topological polar surface area (TPSA) is 80.3 Å². The van der Waals surface area contributed by atoms with E-state index in [9.17, 15) is 9.59 Å². The van der Waals surface area contributed by atoms with Crippen LogP contribution in [0.5, 0.6) is 0 Å². The number of hydrogen-bond donors (Lipinski definition) is 2. The molecule has 0 saturated heterocycles. The number of carbonyl (C=O) groups is 2. The van der Waals surface area contributed by atoms with Crippen LogP contribution in [0.1, 0.15) is 33.3 Å². The average molecular weight is 389 g/mol. The van der Waals surface area contributed by atoms with E-state index in [1.54, 1.807) is 43.5 Å². The van der Waals surface area contributed by atoms with Gasteiger partial charge in [0.05, 0.1) is 12.2 Å². The summed E-state index contributed by atoms with van der Waals surface area (Å²) in [6.07, 6.45) is 2.49. The molecule has 0 radical (unpaired) electrons. The molecule has 0 aliphatic heterocycles. The third-order valence-electron chi connectivity index (χ3n) is 4.23. The first-order chi connectivity index (χ1) is 14.2. The molecular formula is C23H23N3O3. The normalized spacial score (nSPS) is 10.2. The molecule has 0 fully saturated rings. The maximum Gasteiger partial charge on any atom is 0.338 e. The first-order valence-electron chi connectivity index (χ1n) is 9.48. The van der Waals surface area contributed by atoms with Gasteiger partial charge in [0.2, 0.25) is 0 Å². The van der Waals surface area contributed by atoms with E-state index in [0.29, 0.717) is 23.6 Å². The number of nitrogens with one attached hydrogen (secondary N) is 2. The van der Waals surface area contributed by atoms with E-state index in [-0.39, 0.29) is 11.9 Å². The Bertz CT molecular complexity index is 957. The molecule has 148 valence electrons. The van der Waals surface area contributed by atoms with E-state index in [2.05, 4.69) is 27.8 Å². The van der Waals surface area contributed by atoms with Crippen LogP contribution >= 0.6 is 0 Å². The lowest BCUT2D eigenvalue weighted by atomic mass is 10.1. The first kappa shape index (κ1) is 20.1. The predicted molar refractivity (Wildman–Crippen MR) is 113 cm³/mol. The highest BCUT2D eigenvalue weighted by molar-refractivity contribution is 6.03. The van der Waals surface area contributed by atoms with Crippen molar-refractivity contribution in [2.45, 2.75) is 13.3 Å². The Kier molecular flexibility index (Phi) is 6.95. The van der Waals surface area contributed by atoms with Gasteiger partial charge in [0.15, 0.2) is 0 Å². The molecule has 0 aliphatic carbocycles. The molecule has 1 aromatic heterocycles. The number of anilines is 2.